The average molecular weight is 1200 g/mol. The molecule has 3 fully saturated rings. The number of imidazole rings is 2. The van der Waals surface area contributed by atoms with E-state index < -0.39 is 132 Å². The van der Waals surface area contributed by atoms with E-state index in [1.165, 1.54) is 43.3 Å². The number of imide groups is 1. The predicted molar refractivity (Wildman–Crippen MR) is 281 cm³/mol. The molecule has 0 bridgehead atoms. The van der Waals surface area contributed by atoms with Crippen molar-refractivity contribution >= 4 is 91.2 Å². The Morgan fingerprint density at radius 1 is 0.771 bits per heavy atom. The molecule has 446 valence electrons. The highest BCUT2D eigenvalue weighted by Gasteiger charge is 2.55. The molecule has 35 nitrogen and oxygen atoms in total. The summed E-state index contributed by atoms with van der Waals surface area (Å²) in [6.45, 7) is 2.72. The number of alkyl carbamates (subject to hydrolysis) is 1. The van der Waals surface area contributed by atoms with Crippen LogP contribution in [0.2, 0.25) is 0 Å². The van der Waals surface area contributed by atoms with E-state index in [0.717, 1.165) is 26.7 Å². The summed E-state index contributed by atoms with van der Waals surface area (Å²) in [5, 5.41) is 21.9. The Morgan fingerprint density at radius 2 is 1.33 bits per heavy atom. The molecular formula is C46H57N15O20P2. The fourth-order valence-corrected chi connectivity index (χ4v) is 11.3. The lowest BCUT2D eigenvalue weighted by atomic mass is 10.0. The Labute approximate surface area is 467 Å². The Balaban J connectivity index is 0.835. The zero-order chi connectivity index (χ0) is 59.7. The van der Waals surface area contributed by atoms with Gasteiger partial charge in [0.15, 0.2) is 34.8 Å². The second kappa shape index (κ2) is 24.6. The SMILES string of the molecule is CC(C)[C@H](NC(=O)CCCCCN1C(=O)C=CC1=O)C(=O)N[C@@H](C)C(=O)Nc1ccc(COC(=O)N[C@H]2[C@H]3OP(=O)(O)OC[C@H]4O[C@@H](n5cnc6c(=O)[nH]c(N)nc65)[C@@H](O)[C@@H]4OP(=O)(O)OC[C@H]3O[C@H]2n2cnc3c(=O)[nH]c(N)nc32)cc1. The number of aromatic amines is 2. The third kappa shape index (κ3) is 13.7. The first-order valence-electron chi connectivity index (χ1n) is 25.6. The topological polar surface area (TPSA) is 492 Å². The number of aliphatic hydroxyl groups is 1. The van der Waals surface area contributed by atoms with E-state index in [1.54, 1.807) is 13.8 Å². The minimum absolute atomic E-state index is 0.0889. The number of aromatic nitrogens is 8. The number of ether oxygens (including phenoxy) is 3. The zero-order valence-electron chi connectivity index (χ0n) is 44.1. The number of hydrogen-bond donors (Lipinski definition) is 11. The minimum atomic E-state index is -5.37. The second-order valence-electron chi connectivity index (χ2n) is 19.8. The standard InChI is InChI=1S/C46H57N15O20P2/c1-20(2)29(53-26(62)7-5-4-6-14-59-27(63)12-13-28(59)64)39(67)51-21(3)38(66)52-23-10-8-22(9-11-23)15-75-46(70)54-30-34-24(78-42(30)60-18-49-31-36(60)55-44(47)57-40(31)68)16-76-83(73,74)81-35-25(17-77-82(71,72)80-34)79-43(33(35)65)61-19-50-32-37(61)56-45(48)58-41(32)69/h8-13,18-21,24-25,29-30,33-35,42-43,65H,4-7,14-17H2,1-3H3,(H,51,67)(H,52,66)(H,53,62)(H,54,70)(H,71,72)(H,73,74)(H3,47,55,57,68)(H3,48,56,58,69)/t21-,24+,25+,29-,30-,33-,34-,35+,42+,43+/m0/s1. The summed E-state index contributed by atoms with van der Waals surface area (Å²) in [6, 6.07) is 2.24. The molecule has 13 N–H and O–H groups in total. The molecular weight excluding hydrogens is 1140 g/mol. The normalized spacial score (nSPS) is 27.1. The summed E-state index contributed by atoms with van der Waals surface area (Å²) < 4.78 is 69.0. The zero-order valence-corrected chi connectivity index (χ0v) is 45.9. The number of anilines is 3. The molecule has 0 saturated carbocycles. The highest BCUT2D eigenvalue weighted by atomic mass is 31.2. The number of phosphoric acid groups is 2. The van der Waals surface area contributed by atoms with Crippen molar-refractivity contribution < 1.29 is 85.1 Å². The molecule has 8 heterocycles. The Morgan fingerprint density at radius 3 is 1.92 bits per heavy atom. The van der Waals surface area contributed by atoms with Gasteiger partial charge < -0.3 is 61.8 Å². The van der Waals surface area contributed by atoms with Crippen LogP contribution in [0.4, 0.5) is 22.4 Å². The van der Waals surface area contributed by atoms with Crippen molar-refractivity contribution in [3.8, 4) is 0 Å². The molecule has 9 rings (SSSR count). The summed E-state index contributed by atoms with van der Waals surface area (Å²) >= 11 is 0. The molecule has 3 saturated heterocycles. The molecule has 37 heteroatoms. The van der Waals surface area contributed by atoms with Crippen LogP contribution in [0, 0.1) is 5.92 Å². The smallest absolute Gasteiger partial charge is 0.445 e. The number of rotatable bonds is 17. The lowest BCUT2D eigenvalue weighted by Gasteiger charge is -2.29. The van der Waals surface area contributed by atoms with Crippen LogP contribution < -0.4 is 43.9 Å². The number of aliphatic hydroxyl groups excluding tert-OH is 1. The van der Waals surface area contributed by atoms with E-state index in [9.17, 15) is 62.4 Å². The monoisotopic (exact) mass is 1200 g/mol. The first-order chi connectivity index (χ1) is 39.3. The Hall–Kier alpha value is -7.82. The van der Waals surface area contributed by atoms with E-state index in [2.05, 4.69) is 51.2 Å². The van der Waals surface area contributed by atoms with E-state index in [0.29, 0.717) is 24.8 Å². The number of unbranched alkanes of at least 4 members (excludes halogenated alkanes) is 2. The van der Waals surface area contributed by atoms with Crippen molar-refractivity contribution in [2.75, 3.05) is 36.5 Å². The first-order valence-corrected chi connectivity index (χ1v) is 28.6. The number of H-pyrrole nitrogens is 2. The molecule has 0 aliphatic carbocycles. The third-order valence-electron chi connectivity index (χ3n) is 13.5. The highest BCUT2D eigenvalue weighted by Crippen LogP contribution is 2.54. The minimum Gasteiger partial charge on any atom is -0.445 e. The number of carbonyl (C=O) groups excluding carboxylic acids is 6. The number of fused-ring (bicyclic) bond motifs is 4. The third-order valence-corrected chi connectivity index (χ3v) is 15.5. The largest absolute Gasteiger partial charge is 0.472 e. The number of nitrogens with one attached hydrogen (secondary N) is 6. The summed E-state index contributed by atoms with van der Waals surface area (Å²) in [5.41, 5.74) is 9.82. The van der Waals surface area contributed by atoms with Crippen molar-refractivity contribution in [2.24, 2.45) is 5.92 Å². The molecule has 5 aromatic rings. The number of amides is 6. The van der Waals surface area contributed by atoms with Crippen molar-refractivity contribution in [3.63, 3.8) is 0 Å². The number of nitrogens with zero attached hydrogens (tertiary/aromatic N) is 7. The molecule has 83 heavy (non-hydrogen) atoms. The van der Waals surface area contributed by atoms with Crippen LogP contribution >= 0.6 is 15.6 Å². The average Bonchev–Trinajstić information content (AvgIpc) is 3.74. The fraction of sp³-hybridized carbons (Fsp3) is 0.478. The van der Waals surface area contributed by atoms with Crippen molar-refractivity contribution in [1.29, 1.82) is 0 Å². The summed E-state index contributed by atoms with van der Waals surface area (Å²) in [7, 11) is -10.7. The number of nitrogen functional groups attached to an aromatic ring is 2. The van der Waals surface area contributed by atoms with Gasteiger partial charge in [0.2, 0.25) is 29.6 Å². The maximum absolute atomic E-state index is 13.9. The number of hydrogen-bond acceptors (Lipinski definition) is 24. The van der Waals surface area contributed by atoms with Crippen LogP contribution in [-0.4, -0.2) is 163 Å². The van der Waals surface area contributed by atoms with E-state index in [4.69, 9.17) is 43.8 Å². The van der Waals surface area contributed by atoms with Crippen molar-refractivity contribution in [3.05, 3.63) is 75.3 Å². The van der Waals surface area contributed by atoms with Gasteiger partial charge in [0.25, 0.3) is 22.9 Å². The first kappa shape index (κ1) is 59.8. The number of nitrogens with two attached hydrogens (primary N) is 2. The van der Waals surface area contributed by atoms with Gasteiger partial charge in [-0.1, -0.05) is 32.4 Å². The van der Waals surface area contributed by atoms with Gasteiger partial charge >= 0.3 is 21.7 Å². The predicted octanol–water partition coefficient (Wildman–Crippen LogP) is -1.04. The number of phosphoric ester groups is 2. The number of benzene rings is 1. The number of carbonyl (C=O) groups is 6. The molecule has 6 amide bonds. The van der Waals surface area contributed by atoms with Crippen LogP contribution in [0.3, 0.4) is 0 Å². The van der Waals surface area contributed by atoms with Crippen LogP contribution in [-0.2, 0) is 72.0 Å². The maximum atomic E-state index is 13.9. The van der Waals surface area contributed by atoms with Crippen LogP contribution in [0.25, 0.3) is 22.3 Å². The van der Waals surface area contributed by atoms with Gasteiger partial charge in [-0.3, -0.25) is 75.7 Å². The van der Waals surface area contributed by atoms with E-state index >= 15 is 0 Å². The molecule has 4 aliphatic heterocycles. The van der Waals surface area contributed by atoms with Gasteiger partial charge in [-0.2, -0.15) is 9.97 Å². The lowest BCUT2D eigenvalue weighted by Crippen LogP contribution is -2.53. The van der Waals surface area contributed by atoms with Gasteiger partial charge in [-0.05, 0) is 43.4 Å². The molecule has 4 aliphatic rings. The van der Waals surface area contributed by atoms with Gasteiger partial charge in [0.1, 0.15) is 55.3 Å². The second-order valence-corrected chi connectivity index (χ2v) is 22.6. The van der Waals surface area contributed by atoms with E-state index in [-0.39, 0.29) is 70.6 Å². The highest BCUT2D eigenvalue weighted by molar-refractivity contribution is 7.47. The summed E-state index contributed by atoms with van der Waals surface area (Å²) in [4.78, 5) is 146. The molecule has 0 spiro atoms. The van der Waals surface area contributed by atoms with Crippen molar-refractivity contribution in [1.82, 2.24) is 59.9 Å². The van der Waals surface area contributed by atoms with Crippen LogP contribution in [0.5, 0.6) is 0 Å². The molecule has 1 aromatic carbocycles. The Bertz CT molecular complexity index is 3560. The van der Waals surface area contributed by atoms with Gasteiger partial charge in [-0.25, -0.2) is 23.9 Å². The van der Waals surface area contributed by atoms with E-state index in [1.807, 2.05) is 0 Å². The van der Waals surface area contributed by atoms with Crippen molar-refractivity contribution in [2.45, 2.75) is 114 Å². The van der Waals surface area contributed by atoms with Gasteiger partial charge in [0.05, 0.1) is 25.9 Å². The van der Waals surface area contributed by atoms with Crippen LogP contribution in [0.15, 0.2) is 58.7 Å². The molecule has 0 radical (unpaired) electrons. The maximum Gasteiger partial charge on any atom is 0.472 e. The molecule has 12 atom stereocenters. The Kier molecular flexibility index (Phi) is 17.7. The molecule has 2 unspecified atom stereocenters. The molecule has 4 aromatic heterocycles. The summed E-state index contributed by atoms with van der Waals surface area (Å²) in [6.07, 6.45) is -7.19. The van der Waals surface area contributed by atoms with Gasteiger partial charge in [0, 0.05) is 30.8 Å². The quantitative estimate of drug-likeness (QED) is 0.0301. The van der Waals surface area contributed by atoms with Crippen LogP contribution in [0.1, 0.15) is 64.5 Å². The summed E-state index contributed by atoms with van der Waals surface area (Å²) in [5.74, 6) is -3.41. The fourth-order valence-electron chi connectivity index (χ4n) is 9.36. The lowest BCUT2D eigenvalue weighted by molar-refractivity contribution is -0.137. The van der Waals surface area contributed by atoms with Gasteiger partial charge in [-0.15, -0.1) is 0 Å².